The van der Waals surface area contributed by atoms with E-state index in [9.17, 15) is 14.4 Å². The highest BCUT2D eigenvalue weighted by atomic mass is 31.2. The minimum atomic E-state index is -4.06. The molecule has 3 nitrogen and oxygen atoms in total. The molecule has 0 fully saturated rings. The van der Waals surface area contributed by atoms with E-state index in [4.69, 9.17) is 0 Å². The third-order valence-corrected chi connectivity index (χ3v) is 4.34. The van der Waals surface area contributed by atoms with Gasteiger partial charge in [0.2, 0.25) is 0 Å². The molecule has 0 aliphatic carbocycles. The van der Waals surface area contributed by atoms with Gasteiger partial charge in [0, 0.05) is 0 Å². The molecule has 4 heteroatoms. The molecule has 20 heavy (non-hydrogen) atoms. The highest BCUT2D eigenvalue weighted by Gasteiger charge is 2.23. The normalized spacial score (nSPS) is 12.8. The number of hydrogen-bond acceptors (Lipinski definition) is 1. The van der Waals surface area contributed by atoms with Gasteiger partial charge in [-0.05, 0) is 40.0 Å². The van der Waals surface area contributed by atoms with Crippen LogP contribution in [0.5, 0.6) is 0 Å². The van der Waals surface area contributed by atoms with Gasteiger partial charge in [0.05, 0.1) is 6.16 Å². The molecule has 0 bridgehead atoms. The third kappa shape index (κ3) is 4.44. The highest BCUT2D eigenvalue weighted by molar-refractivity contribution is 7.50. The van der Waals surface area contributed by atoms with Crippen LogP contribution >= 0.6 is 7.60 Å². The number of hydrogen-bond donors (Lipinski definition) is 2. The molecule has 1 rings (SSSR count). The van der Waals surface area contributed by atoms with Crippen molar-refractivity contribution in [1.82, 2.24) is 0 Å². The molecule has 0 spiro atoms. The smallest absolute Gasteiger partial charge is 0.324 e. The topological polar surface area (TPSA) is 57.5 Å². The van der Waals surface area contributed by atoms with E-state index in [1.165, 1.54) is 5.56 Å². The number of rotatable bonds is 5. The van der Waals surface area contributed by atoms with Crippen LogP contribution in [-0.2, 0) is 10.7 Å². The molecule has 0 saturated carbocycles. The van der Waals surface area contributed by atoms with Crippen molar-refractivity contribution >= 4 is 7.60 Å². The standard InChI is InChI=1S/C16H27O3P/c1-10(2)13-7-14(11(3)4)16(9-20(17,18)19)15(8-13)12(5)6/h7-8,10-12H,9H2,1-6H3,(H2,17,18,19). The van der Waals surface area contributed by atoms with Crippen molar-refractivity contribution in [3.05, 3.63) is 34.4 Å². The zero-order valence-corrected chi connectivity index (χ0v) is 14.2. The third-order valence-electron chi connectivity index (χ3n) is 3.62. The first-order chi connectivity index (χ1) is 9.03. The molecule has 0 saturated heterocycles. The van der Waals surface area contributed by atoms with Gasteiger partial charge < -0.3 is 9.79 Å². The van der Waals surface area contributed by atoms with E-state index in [1.807, 2.05) is 0 Å². The zero-order chi connectivity index (χ0) is 15.7. The van der Waals surface area contributed by atoms with Gasteiger partial charge in [0.25, 0.3) is 0 Å². The lowest BCUT2D eigenvalue weighted by molar-refractivity contribution is 0.371. The number of benzene rings is 1. The van der Waals surface area contributed by atoms with Gasteiger partial charge >= 0.3 is 7.60 Å². The average molecular weight is 298 g/mol. The van der Waals surface area contributed by atoms with Crippen molar-refractivity contribution in [2.75, 3.05) is 0 Å². The van der Waals surface area contributed by atoms with Gasteiger partial charge in [-0.15, -0.1) is 0 Å². The summed E-state index contributed by atoms with van der Waals surface area (Å²) < 4.78 is 11.5. The SMILES string of the molecule is CC(C)c1cc(C(C)C)c(CP(=O)(O)O)c(C(C)C)c1. The minimum Gasteiger partial charge on any atom is -0.324 e. The summed E-state index contributed by atoms with van der Waals surface area (Å²) in [6.45, 7) is 12.6. The van der Waals surface area contributed by atoms with Crippen LogP contribution in [0, 0.1) is 0 Å². The Bertz CT molecular complexity index is 483. The first-order valence-electron chi connectivity index (χ1n) is 7.24. The fourth-order valence-electron chi connectivity index (χ4n) is 2.49. The van der Waals surface area contributed by atoms with Gasteiger partial charge in [-0.1, -0.05) is 53.7 Å². The molecule has 0 unspecified atom stereocenters. The molecule has 0 radical (unpaired) electrons. The van der Waals surface area contributed by atoms with Crippen LogP contribution in [0.25, 0.3) is 0 Å². The van der Waals surface area contributed by atoms with Crippen LogP contribution in [0.1, 0.15) is 81.5 Å². The van der Waals surface area contributed by atoms with E-state index < -0.39 is 7.60 Å². The van der Waals surface area contributed by atoms with Crippen LogP contribution in [-0.4, -0.2) is 9.79 Å². The Labute approximate surface area is 122 Å². The Morgan fingerprint density at radius 3 is 1.55 bits per heavy atom. The van der Waals surface area contributed by atoms with Crippen molar-refractivity contribution in [3.8, 4) is 0 Å². The summed E-state index contributed by atoms with van der Waals surface area (Å²) in [5.41, 5.74) is 4.23. The molecular formula is C16H27O3P. The molecule has 114 valence electrons. The quantitative estimate of drug-likeness (QED) is 0.772. The molecule has 1 aromatic carbocycles. The molecule has 2 N–H and O–H groups in total. The summed E-state index contributed by atoms with van der Waals surface area (Å²) in [5, 5.41) is 0. The van der Waals surface area contributed by atoms with Gasteiger partial charge in [-0.2, -0.15) is 0 Å². The summed E-state index contributed by atoms with van der Waals surface area (Å²) in [7, 11) is -4.06. The largest absolute Gasteiger partial charge is 0.329 e. The maximum Gasteiger partial charge on any atom is 0.329 e. The first kappa shape index (κ1) is 17.4. The van der Waals surface area contributed by atoms with Gasteiger partial charge in [-0.3, -0.25) is 4.57 Å². The average Bonchev–Trinajstić information content (AvgIpc) is 2.25. The van der Waals surface area contributed by atoms with E-state index >= 15 is 0 Å². The maximum atomic E-state index is 11.5. The molecule has 1 aromatic rings. The molecule has 0 amide bonds. The van der Waals surface area contributed by atoms with E-state index in [0.717, 1.165) is 16.7 Å². The Morgan fingerprint density at radius 1 is 0.900 bits per heavy atom. The van der Waals surface area contributed by atoms with E-state index in [0.29, 0.717) is 5.92 Å². The van der Waals surface area contributed by atoms with Gasteiger partial charge in [0.1, 0.15) is 0 Å². The summed E-state index contributed by atoms with van der Waals surface area (Å²) in [5.74, 6) is 0.926. The summed E-state index contributed by atoms with van der Waals surface area (Å²) >= 11 is 0. The first-order valence-corrected chi connectivity index (χ1v) is 9.03. The van der Waals surface area contributed by atoms with Gasteiger partial charge in [0.15, 0.2) is 0 Å². The molecule has 0 aliphatic heterocycles. The fraction of sp³-hybridized carbons (Fsp3) is 0.625. The Kier molecular flexibility index (Phi) is 5.60. The lowest BCUT2D eigenvalue weighted by atomic mass is 9.85. The predicted molar refractivity (Wildman–Crippen MR) is 84.5 cm³/mol. The Balaban J connectivity index is 3.55. The summed E-state index contributed by atoms with van der Waals surface area (Å²) in [4.78, 5) is 18.7. The van der Waals surface area contributed by atoms with Crippen molar-refractivity contribution < 1.29 is 14.4 Å². The van der Waals surface area contributed by atoms with Crippen molar-refractivity contribution in [2.45, 2.75) is 65.5 Å². The fourth-order valence-corrected chi connectivity index (χ4v) is 3.27. The molecule has 0 heterocycles. The summed E-state index contributed by atoms with van der Waals surface area (Å²) in [6.07, 6.45) is -0.160. The second-order valence-electron chi connectivity index (χ2n) is 6.46. The van der Waals surface area contributed by atoms with Crippen molar-refractivity contribution in [3.63, 3.8) is 0 Å². The van der Waals surface area contributed by atoms with Gasteiger partial charge in [-0.25, -0.2) is 0 Å². The van der Waals surface area contributed by atoms with E-state index in [-0.39, 0.29) is 18.0 Å². The predicted octanol–water partition coefficient (Wildman–Crippen LogP) is 4.73. The summed E-state index contributed by atoms with van der Waals surface area (Å²) in [6, 6.07) is 4.23. The Hall–Kier alpha value is -0.630. The zero-order valence-electron chi connectivity index (χ0n) is 13.3. The monoisotopic (exact) mass is 298 g/mol. The van der Waals surface area contributed by atoms with Crippen LogP contribution in [0.4, 0.5) is 0 Å². The van der Waals surface area contributed by atoms with Crippen LogP contribution in [0.2, 0.25) is 0 Å². The van der Waals surface area contributed by atoms with Crippen LogP contribution < -0.4 is 0 Å². The highest BCUT2D eigenvalue weighted by Crippen LogP contribution is 2.44. The molecular weight excluding hydrogens is 271 g/mol. The van der Waals surface area contributed by atoms with E-state index in [2.05, 4.69) is 53.7 Å². The molecule has 0 atom stereocenters. The lowest BCUT2D eigenvalue weighted by Gasteiger charge is -2.23. The second-order valence-corrected chi connectivity index (χ2v) is 8.11. The van der Waals surface area contributed by atoms with E-state index in [1.54, 1.807) is 0 Å². The second kappa shape index (κ2) is 6.43. The maximum absolute atomic E-state index is 11.5. The lowest BCUT2D eigenvalue weighted by Crippen LogP contribution is -2.07. The van der Waals surface area contributed by atoms with Crippen LogP contribution in [0.3, 0.4) is 0 Å². The van der Waals surface area contributed by atoms with Crippen molar-refractivity contribution in [1.29, 1.82) is 0 Å². The molecule has 0 aliphatic rings. The van der Waals surface area contributed by atoms with Crippen LogP contribution in [0.15, 0.2) is 12.1 Å². The Morgan fingerprint density at radius 2 is 1.30 bits per heavy atom. The minimum absolute atomic E-state index is 0.160. The van der Waals surface area contributed by atoms with Crippen molar-refractivity contribution in [2.24, 2.45) is 0 Å². The molecule has 0 aromatic heterocycles.